The first kappa shape index (κ1) is 30.1. The van der Waals surface area contributed by atoms with Crippen LogP contribution in [0.4, 0.5) is 0 Å². The number of benzene rings is 4. The summed E-state index contributed by atoms with van der Waals surface area (Å²) in [5, 5.41) is 12.4. The minimum absolute atomic E-state index is 0.0301. The molecule has 0 radical (unpaired) electrons. The van der Waals surface area contributed by atoms with Crippen LogP contribution >= 0.6 is 11.8 Å². The van der Waals surface area contributed by atoms with E-state index in [0.717, 1.165) is 35.1 Å². The Balaban J connectivity index is 1.59. The van der Waals surface area contributed by atoms with Gasteiger partial charge in [-0.25, -0.2) is 4.79 Å². The molecular weight excluding hydrogens is 530 g/mol. The first-order valence-electron chi connectivity index (χ1n) is 13.9. The van der Waals surface area contributed by atoms with Crippen LogP contribution in [0.5, 0.6) is 0 Å². The summed E-state index contributed by atoms with van der Waals surface area (Å²) in [6, 6.07) is 33.3. The van der Waals surface area contributed by atoms with Gasteiger partial charge in [0.15, 0.2) is 0 Å². The summed E-state index contributed by atoms with van der Waals surface area (Å²) >= 11 is 1.55. The number of rotatable bonds is 14. The maximum atomic E-state index is 13.4. The van der Waals surface area contributed by atoms with Crippen LogP contribution in [-0.2, 0) is 29.0 Å². The average Bonchev–Trinajstić information content (AvgIpc) is 2.99. The SMILES string of the molecule is CSCCC(NC(=O)c1ccc(COC(Cc2ccccc2)Cc2ccccc2)cc1-c1ccccc1C)C(=O)O. The maximum Gasteiger partial charge on any atom is 0.326 e. The predicted octanol–water partition coefficient (Wildman–Crippen LogP) is 6.97. The number of carboxylic acid groups (broad SMARTS) is 1. The topological polar surface area (TPSA) is 75.6 Å². The molecule has 0 aromatic heterocycles. The van der Waals surface area contributed by atoms with Gasteiger partial charge in [0, 0.05) is 5.56 Å². The number of nitrogens with one attached hydrogen (secondary N) is 1. The molecule has 0 saturated heterocycles. The zero-order valence-corrected chi connectivity index (χ0v) is 24.4. The smallest absolute Gasteiger partial charge is 0.326 e. The lowest BCUT2D eigenvalue weighted by Gasteiger charge is -2.20. The summed E-state index contributed by atoms with van der Waals surface area (Å²) in [7, 11) is 0. The number of carboxylic acids is 1. The van der Waals surface area contributed by atoms with Crippen LogP contribution in [0.1, 0.15) is 39.0 Å². The van der Waals surface area contributed by atoms with E-state index >= 15 is 0 Å². The molecule has 1 unspecified atom stereocenters. The second-order valence-corrected chi connectivity index (χ2v) is 11.1. The zero-order chi connectivity index (χ0) is 29.0. The van der Waals surface area contributed by atoms with E-state index in [4.69, 9.17) is 4.74 Å². The highest BCUT2D eigenvalue weighted by Gasteiger charge is 2.23. The van der Waals surface area contributed by atoms with Crippen LogP contribution in [0.25, 0.3) is 11.1 Å². The Labute approximate surface area is 247 Å². The summed E-state index contributed by atoms with van der Waals surface area (Å²) < 4.78 is 6.52. The zero-order valence-electron chi connectivity index (χ0n) is 23.6. The highest BCUT2D eigenvalue weighted by molar-refractivity contribution is 7.98. The summed E-state index contributed by atoms with van der Waals surface area (Å²) in [6.07, 6.45) is 3.82. The normalized spacial score (nSPS) is 11.8. The minimum atomic E-state index is -1.03. The summed E-state index contributed by atoms with van der Waals surface area (Å²) in [5.41, 5.74) is 6.56. The molecule has 0 bridgehead atoms. The number of carbonyl (C=O) groups is 2. The monoisotopic (exact) mass is 567 g/mol. The lowest BCUT2D eigenvalue weighted by Crippen LogP contribution is -2.41. The Bertz CT molecular complexity index is 1380. The number of carbonyl (C=O) groups excluding carboxylic acids is 1. The lowest BCUT2D eigenvalue weighted by molar-refractivity contribution is -0.139. The van der Waals surface area contributed by atoms with E-state index in [0.29, 0.717) is 24.3 Å². The fraction of sp³-hybridized carbons (Fsp3) is 0.257. The third-order valence-corrected chi connectivity index (χ3v) is 7.72. The van der Waals surface area contributed by atoms with Gasteiger partial charge in [0.25, 0.3) is 5.91 Å². The number of thioether (sulfide) groups is 1. The fourth-order valence-corrected chi connectivity index (χ4v) is 5.34. The average molecular weight is 568 g/mol. The van der Waals surface area contributed by atoms with Gasteiger partial charge in [-0.15, -0.1) is 0 Å². The molecule has 0 aliphatic rings. The summed E-state index contributed by atoms with van der Waals surface area (Å²) in [6.45, 7) is 2.39. The van der Waals surface area contributed by atoms with Crippen LogP contribution in [0, 0.1) is 6.92 Å². The lowest BCUT2D eigenvalue weighted by atomic mass is 9.93. The Morgan fingerprint density at radius 3 is 2.00 bits per heavy atom. The van der Waals surface area contributed by atoms with Crippen LogP contribution in [-0.4, -0.2) is 41.1 Å². The Hall–Kier alpha value is -3.87. The van der Waals surface area contributed by atoms with Gasteiger partial charge in [0.05, 0.1) is 12.7 Å². The number of aryl methyl sites for hydroxylation is 1. The van der Waals surface area contributed by atoms with Crippen molar-refractivity contribution in [1.29, 1.82) is 0 Å². The molecule has 0 fully saturated rings. The van der Waals surface area contributed by atoms with Gasteiger partial charge < -0.3 is 15.2 Å². The molecule has 41 heavy (non-hydrogen) atoms. The van der Waals surface area contributed by atoms with Crippen LogP contribution < -0.4 is 5.32 Å². The fourth-order valence-electron chi connectivity index (χ4n) is 4.86. The molecule has 0 aliphatic heterocycles. The molecule has 0 saturated carbocycles. The molecule has 1 amide bonds. The number of hydrogen-bond acceptors (Lipinski definition) is 4. The molecule has 4 aromatic carbocycles. The van der Waals surface area contributed by atoms with E-state index in [9.17, 15) is 14.7 Å². The van der Waals surface area contributed by atoms with Crippen LogP contribution in [0.15, 0.2) is 103 Å². The molecule has 212 valence electrons. The van der Waals surface area contributed by atoms with Gasteiger partial charge in [0.2, 0.25) is 0 Å². The molecular formula is C35H37NO4S. The van der Waals surface area contributed by atoms with Gasteiger partial charge in [-0.05, 0) is 83.7 Å². The van der Waals surface area contributed by atoms with Gasteiger partial charge in [-0.3, -0.25) is 4.79 Å². The third-order valence-electron chi connectivity index (χ3n) is 7.08. The van der Waals surface area contributed by atoms with Gasteiger partial charge in [-0.1, -0.05) is 91.0 Å². The van der Waals surface area contributed by atoms with Crippen molar-refractivity contribution in [2.75, 3.05) is 12.0 Å². The quantitative estimate of drug-likeness (QED) is 0.172. The number of aliphatic carboxylic acids is 1. The first-order chi connectivity index (χ1) is 19.9. The van der Waals surface area contributed by atoms with E-state index in [2.05, 4.69) is 29.6 Å². The highest BCUT2D eigenvalue weighted by Crippen LogP contribution is 2.29. The van der Waals surface area contributed by atoms with Crippen molar-refractivity contribution in [2.24, 2.45) is 0 Å². The summed E-state index contributed by atoms with van der Waals surface area (Å²) in [5.74, 6) is -0.779. The molecule has 1 atom stereocenters. The molecule has 5 nitrogen and oxygen atoms in total. The first-order valence-corrected chi connectivity index (χ1v) is 15.2. The molecule has 4 aromatic rings. The van der Waals surface area contributed by atoms with Crippen LogP contribution in [0.2, 0.25) is 0 Å². The molecule has 0 spiro atoms. The van der Waals surface area contributed by atoms with Gasteiger partial charge in [0.1, 0.15) is 6.04 Å². The van der Waals surface area contributed by atoms with Crippen molar-refractivity contribution >= 4 is 23.6 Å². The Kier molecular flexibility index (Phi) is 11.2. The Morgan fingerprint density at radius 2 is 1.41 bits per heavy atom. The van der Waals surface area contributed by atoms with Crippen molar-refractivity contribution in [1.82, 2.24) is 5.32 Å². The predicted molar refractivity (Wildman–Crippen MR) is 167 cm³/mol. The van der Waals surface area contributed by atoms with E-state index in [1.54, 1.807) is 17.8 Å². The third kappa shape index (κ3) is 8.81. The van der Waals surface area contributed by atoms with E-state index in [1.165, 1.54) is 11.1 Å². The Morgan fingerprint density at radius 1 is 0.805 bits per heavy atom. The maximum absolute atomic E-state index is 13.4. The molecule has 0 aliphatic carbocycles. The molecule has 6 heteroatoms. The summed E-state index contributed by atoms with van der Waals surface area (Å²) in [4.78, 5) is 25.2. The number of amides is 1. The van der Waals surface area contributed by atoms with E-state index < -0.39 is 17.9 Å². The second kappa shape index (κ2) is 15.2. The highest BCUT2D eigenvalue weighted by atomic mass is 32.2. The second-order valence-electron chi connectivity index (χ2n) is 10.2. The van der Waals surface area contributed by atoms with Crippen molar-refractivity contribution in [3.05, 3.63) is 131 Å². The van der Waals surface area contributed by atoms with Crippen molar-refractivity contribution < 1.29 is 19.4 Å². The largest absolute Gasteiger partial charge is 0.480 e. The van der Waals surface area contributed by atoms with E-state index in [-0.39, 0.29) is 6.10 Å². The minimum Gasteiger partial charge on any atom is -0.480 e. The van der Waals surface area contributed by atoms with Crippen LogP contribution in [0.3, 0.4) is 0 Å². The van der Waals surface area contributed by atoms with E-state index in [1.807, 2.05) is 86.0 Å². The standard InChI is InChI=1S/C35H37NO4S/c1-25-11-9-10-16-30(25)32-23-28(17-18-31(32)34(37)36-33(35(38)39)19-20-41-2)24-40-29(21-26-12-5-3-6-13-26)22-27-14-7-4-8-15-27/h3-18,23,29,33H,19-22,24H2,1-2H3,(H,36,37)(H,38,39). The van der Waals surface area contributed by atoms with Gasteiger partial charge in [-0.2, -0.15) is 11.8 Å². The molecule has 0 heterocycles. The van der Waals surface area contributed by atoms with Crippen molar-refractivity contribution in [3.8, 4) is 11.1 Å². The van der Waals surface area contributed by atoms with Gasteiger partial charge >= 0.3 is 5.97 Å². The molecule has 4 rings (SSSR count). The number of ether oxygens (including phenoxy) is 1. The van der Waals surface area contributed by atoms with Crippen molar-refractivity contribution in [3.63, 3.8) is 0 Å². The number of hydrogen-bond donors (Lipinski definition) is 2. The van der Waals surface area contributed by atoms with Crippen molar-refractivity contribution in [2.45, 2.75) is 44.9 Å². The molecule has 2 N–H and O–H groups in total.